The number of nitrogens with zero attached hydrogens (tertiary/aromatic N) is 4. The lowest BCUT2D eigenvalue weighted by atomic mass is 10.1. The molecule has 0 saturated heterocycles. The van der Waals surface area contributed by atoms with Gasteiger partial charge in [-0.15, -0.1) is 16.4 Å². The number of amides is 1. The van der Waals surface area contributed by atoms with E-state index in [2.05, 4.69) is 48.7 Å². The van der Waals surface area contributed by atoms with Crippen LogP contribution in [0.25, 0.3) is 5.69 Å². The van der Waals surface area contributed by atoms with Crippen molar-refractivity contribution in [1.82, 2.24) is 20.0 Å². The summed E-state index contributed by atoms with van der Waals surface area (Å²) in [6, 6.07) is 13.7. The predicted octanol–water partition coefficient (Wildman–Crippen LogP) is 5.91. The summed E-state index contributed by atoms with van der Waals surface area (Å²) < 4.78 is 2.67. The molecule has 0 aliphatic rings. The predicted molar refractivity (Wildman–Crippen MR) is 128 cm³/mol. The zero-order valence-corrected chi connectivity index (χ0v) is 20.3. The average molecular weight is 517 g/mol. The molecule has 1 N–H and O–H groups in total. The SMILES string of the molecule is Cc1ccc(Cl)cc1-n1nnc(C(=O)Nc2nc(C)c(Cc3ccc(Br)cc3)s2)c1C. The van der Waals surface area contributed by atoms with Gasteiger partial charge >= 0.3 is 0 Å². The third kappa shape index (κ3) is 4.71. The summed E-state index contributed by atoms with van der Waals surface area (Å²) in [6.45, 7) is 5.71. The van der Waals surface area contributed by atoms with Crippen molar-refractivity contribution in [3.63, 3.8) is 0 Å². The number of thiazole rings is 1. The number of halogens is 2. The van der Waals surface area contributed by atoms with Crippen LogP contribution >= 0.6 is 38.9 Å². The number of hydrogen-bond acceptors (Lipinski definition) is 5. The second kappa shape index (κ2) is 8.90. The van der Waals surface area contributed by atoms with Crippen LogP contribution in [0.1, 0.15) is 37.9 Å². The number of hydrogen-bond donors (Lipinski definition) is 1. The largest absolute Gasteiger partial charge is 0.296 e. The molecule has 0 saturated carbocycles. The summed E-state index contributed by atoms with van der Waals surface area (Å²) in [6.07, 6.45) is 0.760. The molecule has 9 heteroatoms. The van der Waals surface area contributed by atoms with Crippen LogP contribution in [-0.4, -0.2) is 25.9 Å². The molecule has 6 nitrogen and oxygen atoms in total. The maximum absolute atomic E-state index is 12.9. The van der Waals surface area contributed by atoms with Crippen molar-refractivity contribution in [2.45, 2.75) is 27.2 Å². The Kier molecular flexibility index (Phi) is 6.22. The first kappa shape index (κ1) is 21.7. The van der Waals surface area contributed by atoms with Gasteiger partial charge in [0.25, 0.3) is 5.91 Å². The molecule has 2 aromatic carbocycles. The molecule has 0 aliphatic carbocycles. The Morgan fingerprint density at radius 3 is 2.65 bits per heavy atom. The van der Waals surface area contributed by atoms with Crippen molar-refractivity contribution in [2.24, 2.45) is 0 Å². The molecule has 0 spiro atoms. The fourth-order valence-electron chi connectivity index (χ4n) is 3.17. The van der Waals surface area contributed by atoms with E-state index >= 15 is 0 Å². The fraction of sp³-hybridized carbons (Fsp3) is 0.182. The Bertz CT molecular complexity index is 1270. The van der Waals surface area contributed by atoms with E-state index in [0.29, 0.717) is 15.8 Å². The van der Waals surface area contributed by atoms with Crippen molar-refractivity contribution in [3.8, 4) is 5.69 Å². The van der Waals surface area contributed by atoms with Crippen LogP contribution in [0.2, 0.25) is 5.02 Å². The zero-order valence-electron chi connectivity index (χ0n) is 17.1. The summed E-state index contributed by atoms with van der Waals surface area (Å²) in [7, 11) is 0. The lowest BCUT2D eigenvalue weighted by molar-refractivity contribution is 0.102. The number of rotatable bonds is 5. The molecule has 2 heterocycles. The molecule has 0 unspecified atom stereocenters. The molecule has 2 aromatic heterocycles. The second-order valence-corrected chi connectivity index (χ2v) is 9.59. The van der Waals surface area contributed by atoms with E-state index in [1.807, 2.05) is 38.1 Å². The number of aryl methyl sites for hydroxylation is 2. The van der Waals surface area contributed by atoms with Gasteiger partial charge in [-0.25, -0.2) is 9.67 Å². The molecule has 4 aromatic rings. The third-order valence-corrected chi connectivity index (χ3v) is 6.74. The molecule has 0 fully saturated rings. The van der Waals surface area contributed by atoms with Gasteiger partial charge in [0.1, 0.15) is 0 Å². The van der Waals surface area contributed by atoms with E-state index in [1.165, 1.54) is 16.9 Å². The van der Waals surface area contributed by atoms with E-state index in [-0.39, 0.29) is 11.6 Å². The Morgan fingerprint density at radius 1 is 1.16 bits per heavy atom. The molecule has 0 radical (unpaired) electrons. The number of carbonyl (C=O) groups is 1. The molecular weight excluding hydrogens is 498 g/mol. The van der Waals surface area contributed by atoms with Gasteiger partial charge in [0.2, 0.25) is 0 Å². The quantitative estimate of drug-likeness (QED) is 0.358. The minimum atomic E-state index is -0.340. The molecule has 4 rings (SSSR count). The van der Waals surface area contributed by atoms with Crippen LogP contribution < -0.4 is 5.32 Å². The Balaban J connectivity index is 1.53. The van der Waals surface area contributed by atoms with Crippen LogP contribution in [0, 0.1) is 20.8 Å². The summed E-state index contributed by atoms with van der Waals surface area (Å²) in [5.74, 6) is -0.340. The van der Waals surface area contributed by atoms with Crippen molar-refractivity contribution in [2.75, 3.05) is 5.32 Å². The van der Waals surface area contributed by atoms with Crippen LogP contribution in [0.4, 0.5) is 5.13 Å². The fourth-order valence-corrected chi connectivity index (χ4v) is 4.59. The number of nitrogens with one attached hydrogen (secondary N) is 1. The smallest absolute Gasteiger partial charge is 0.279 e. The average Bonchev–Trinajstić information content (AvgIpc) is 3.27. The summed E-state index contributed by atoms with van der Waals surface area (Å²) in [4.78, 5) is 18.5. The van der Waals surface area contributed by atoms with E-state index in [4.69, 9.17) is 11.6 Å². The van der Waals surface area contributed by atoms with Gasteiger partial charge in [0.15, 0.2) is 10.8 Å². The van der Waals surface area contributed by atoms with Crippen LogP contribution in [0.3, 0.4) is 0 Å². The summed E-state index contributed by atoms with van der Waals surface area (Å²) in [5.41, 5.74) is 4.74. The normalized spacial score (nSPS) is 11.0. The van der Waals surface area contributed by atoms with Gasteiger partial charge in [-0.05, 0) is 56.2 Å². The highest BCUT2D eigenvalue weighted by Gasteiger charge is 2.20. The van der Waals surface area contributed by atoms with Crippen molar-refractivity contribution >= 4 is 49.9 Å². The van der Waals surface area contributed by atoms with Crippen LogP contribution in [0.15, 0.2) is 46.9 Å². The maximum atomic E-state index is 12.9. The number of anilines is 1. The third-order valence-electron chi connectivity index (χ3n) is 4.90. The Morgan fingerprint density at radius 2 is 1.90 bits per heavy atom. The van der Waals surface area contributed by atoms with Crippen molar-refractivity contribution < 1.29 is 4.79 Å². The molecule has 31 heavy (non-hydrogen) atoms. The first-order valence-corrected chi connectivity index (χ1v) is 11.5. The van der Waals surface area contributed by atoms with Gasteiger partial charge in [-0.2, -0.15) is 0 Å². The van der Waals surface area contributed by atoms with Crippen molar-refractivity contribution in [1.29, 1.82) is 0 Å². The molecular formula is C22H19BrClN5OS. The number of aromatic nitrogens is 4. The molecule has 1 amide bonds. The van der Waals surface area contributed by atoms with E-state index in [1.54, 1.807) is 17.7 Å². The summed E-state index contributed by atoms with van der Waals surface area (Å²) in [5, 5.41) is 12.3. The standard InChI is InChI=1S/C22H19BrClN5OS/c1-12-4-9-17(24)11-18(12)29-14(3)20(27-28-29)21(30)26-22-25-13(2)19(31-22)10-15-5-7-16(23)8-6-15/h4-9,11H,10H2,1-3H3,(H,25,26,30). The first-order valence-electron chi connectivity index (χ1n) is 9.52. The maximum Gasteiger partial charge on any atom is 0.279 e. The molecule has 158 valence electrons. The van der Waals surface area contributed by atoms with E-state index in [9.17, 15) is 4.79 Å². The van der Waals surface area contributed by atoms with Crippen molar-refractivity contribution in [3.05, 3.63) is 85.0 Å². The molecule has 0 aliphatic heterocycles. The topological polar surface area (TPSA) is 72.7 Å². The zero-order chi connectivity index (χ0) is 22.1. The molecule has 0 atom stereocenters. The van der Waals surface area contributed by atoms with Gasteiger partial charge in [-0.1, -0.05) is 50.9 Å². The van der Waals surface area contributed by atoms with Crippen LogP contribution in [0.5, 0.6) is 0 Å². The Labute approximate surface area is 197 Å². The van der Waals surface area contributed by atoms with Gasteiger partial charge in [-0.3, -0.25) is 10.1 Å². The molecule has 0 bridgehead atoms. The minimum absolute atomic E-state index is 0.252. The van der Waals surface area contributed by atoms with Gasteiger partial charge in [0, 0.05) is 20.8 Å². The highest BCUT2D eigenvalue weighted by Crippen LogP contribution is 2.27. The number of benzene rings is 2. The minimum Gasteiger partial charge on any atom is -0.296 e. The highest BCUT2D eigenvalue weighted by molar-refractivity contribution is 9.10. The van der Waals surface area contributed by atoms with Crippen LogP contribution in [-0.2, 0) is 6.42 Å². The van der Waals surface area contributed by atoms with E-state index in [0.717, 1.165) is 32.7 Å². The van der Waals surface area contributed by atoms with E-state index < -0.39 is 0 Å². The lowest BCUT2D eigenvalue weighted by Gasteiger charge is -2.07. The summed E-state index contributed by atoms with van der Waals surface area (Å²) >= 11 is 11.0. The second-order valence-electron chi connectivity index (χ2n) is 7.15. The van der Waals surface area contributed by atoms with Gasteiger partial charge < -0.3 is 0 Å². The number of carbonyl (C=O) groups excluding carboxylic acids is 1. The lowest BCUT2D eigenvalue weighted by Crippen LogP contribution is -2.14. The van der Waals surface area contributed by atoms with Gasteiger partial charge in [0.05, 0.1) is 17.1 Å². The monoisotopic (exact) mass is 515 g/mol. The highest BCUT2D eigenvalue weighted by atomic mass is 79.9. The first-order chi connectivity index (χ1) is 14.8. The Hall–Kier alpha value is -2.55.